The highest BCUT2D eigenvalue weighted by Gasteiger charge is 2.32. The van der Waals surface area contributed by atoms with Crippen LogP contribution in [0.4, 0.5) is 10.5 Å². The van der Waals surface area contributed by atoms with Gasteiger partial charge in [-0.3, -0.25) is 0 Å². The van der Waals surface area contributed by atoms with Crippen LogP contribution in [-0.2, 0) is 14.8 Å². The highest BCUT2D eigenvalue weighted by atomic mass is 32.2. The number of hydrogen-bond donors (Lipinski definition) is 2. The number of benzene rings is 1. The number of anilines is 1. The van der Waals surface area contributed by atoms with Crippen molar-refractivity contribution >= 4 is 21.8 Å². The van der Waals surface area contributed by atoms with Gasteiger partial charge in [0.25, 0.3) is 0 Å². The van der Waals surface area contributed by atoms with E-state index in [1.807, 2.05) is 0 Å². The molecule has 1 aromatic rings. The average Bonchev–Trinajstić information content (AvgIpc) is 2.85. The minimum atomic E-state index is -3.63. The second kappa shape index (κ2) is 6.37. The normalized spacial score (nSPS) is 18.9. The Balaban J connectivity index is 1.97. The van der Waals surface area contributed by atoms with Crippen molar-refractivity contribution < 1.29 is 17.9 Å². The highest BCUT2D eigenvalue weighted by Crippen LogP contribution is 2.18. The van der Waals surface area contributed by atoms with Crippen molar-refractivity contribution in [2.24, 2.45) is 0 Å². The van der Waals surface area contributed by atoms with Crippen LogP contribution in [-0.4, -0.2) is 44.1 Å². The second-order valence-electron chi connectivity index (χ2n) is 6.60. The quantitative estimate of drug-likeness (QED) is 0.812. The molecule has 0 aromatic heterocycles. The summed E-state index contributed by atoms with van der Waals surface area (Å²) in [5.41, 5.74) is 5.49. The summed E-state index contributed by atoms with van der Waals surface area (Å²) in [5, 5.41) is 0. The van der Waals surface area contributed by atoms with Gasteiger partial charge in [0.2, 0.25) is 10.0 Å². The van der Waals surface area contributed by atoms with Gasteiger partial charge in [0, 0.05) is 24.8 Å². The predicted octanol–water partition coefficient (Wildman–Crippen LogP) is 1.56. The zero-order valence-corrected chi connectivity index (χ0v) is 14.4. The van der Waals surface area contributed by atoms with Crippen LogP contribution in [0.5, 0.6) is 0 Å². The van der Waals surface area contributed by atoms with Crippen molar-refractivity contribution in [3.63, 3.8) is 0 Å². The first-order valence-electron chi connectivity index (χ1n) is 7.43. The molecule has 23 heavy (non-hydrogen) atoms. The van der Waals surface area contributed by atoms with Gasteiger partial charge in [0.1, 0.15) is 5.60 Å². The number of nitrogens with zero attached hydrogens (tertiary/aromatic N) is 1. The van der Waals surface area contributed by atoms with Crippen molar-refractivity contribution in [2.45, 2.75) is 43.7 Å². The number of carbonyl (C=O) groups excluding carboxylic acids is 1. The first-order valence-corrected chi connectivity index (χ1v) is 8.91. The van der Waals surface area contributed by atoms with Crippen LogP contribution < -0.4 is 10.5 Å². The molecule has 1 heterocycles. The SMILES string of the molecule is CC(C)(C)OC(=O)N1CCC(NS(=O)(=O)c2ccc(N)cc2)C1. The Hall–Kier alpha value is -1.80. The van der Waals surface area contributed by atoms with Gasteiger partial charge >= 0.3 is 6.09 Å². The molecule has 1 saturated heterocycles. The fourth-order valence-corrected chi connectivity index (χ4v) is 3.54. The molecule has 0 spiro atoms. The van der Waals surface area contributed by atoms with Crippen molar-refractivity contribution in [1.82, 2.24) is 9.62 Å². The molecule has 2 rings (SSSR count). The van der Waals surface area contributed by atoms with Crippen LogP contribution in [0, 0.1) is 0 Å². The first kappa shape index (κ1) is 17.6. The lowest BCUT2D eigenvalue weighted by molar-refractivity contribution is 0.0292. The minimum absolute atomic E-state index is 0.155. The molecule has 1 aromatic carbocycles. The molecule has 1 fully saturated rings. The summed E-state index contributed by atoms with van der Waals surface area (Å²) in [6.45, 7) is 6.14. The van der Waals surface area contributed by atoms with E-state index in [-0.39, 0.29) is 10.9 Å². The van der Waals surface area contributed by atoms with E-state index in [1.54, 1.807) is 20.8 Å². The van der Waals surface area contributed by atoms with E-state index in [0.29, 0.717) is 25.2 Å². The summed E-state index contributed by atoms with van der Waals surface area (Å²) < 4.78 is 32.6. The number of ether oxygens (including phenoxy) is 1. The highest BCUT2D eigenvalue weighted by molar-refractivity contribution is 7.89. The smallest absolute Gasteiger partial charge is 0.410 e. The van der Waals surface area contributed by atoms with E-state index in [1.165, 1.54) is 29.2 Å². The Morgan fingerprint density at radius 1 is 1.30 bits per heavy atom. The Morgan fingerprint density at radius 2 is 1.91 bits per heavy atom. The van der Waals surface area contributed by atoms with Gasteiger partial charge in [-0.05, 0) is 51.5 Å². The van der Waals surface area contributed by atoms with Crippen LogP contribution in [0.3, 0.4) is 0 Å². The van der Waals surface area contributed by atoms with Crippen molar-refractivity contribution in [1.29, 1.82) is 0 Å². The van der Waals surface area contributed by atoms with Gasteiger partial charge in [-0.25, -0.2) is 17.9 Å². The number of nitrogens with one attached hydrogen (secondary N) is 1. The molecule has 0 aliphatic carbocycles. The molecule has 0 radical (unpaired) electrons. The lowest BCUT2D eigenvalue weighted by Gasteiger charge is -2.24. The Labute approximate surface area is 136 Å². The van der Waals surface area contributed by atoms with Crippen LogP contribution in [0.2, 0.25) is 0 Å². The number of nitrogens with two attached hydrogens (primary N) is 1. The zero-order valence-electron chi connectivity index (χ0n) is 13.6. The molecule has 1 aliphatic heterocycles. The van der Waals surface area contributed by atoms with Crippen LogP contribution in [0.1, 0.15) is 27.2 Å². The molecule has 1 atom stereocenters. The molecule has 1 unspecified atom stereocenters. The van der Waals surface area contributed by atoms with E-state index in [4.69, 9.17) is 10.5 Å². The molecule has 3 N–H and O–H groups in total. The maximum atomic E-state index is 12.3. The number of carbonyl (C=O) groups is 1. The fourth-order valence-electron chi connectivity index (χ4n) is 2.28. The lowest BCUT2D eigenvalue weighted by atomic mass is 10.2. The van der Waals surface area contributed by atoms with Crippen LogP contribution in [0.15, 0.2) is 29.2 Å². The predicted molar refractivity (Wildman–Crippen MR) is 87.4 cm³/mol. The van der Waals surface area contributed by atoms with Gasteiger partial charge in [-0.1, -0.05) is 0 Å². The summed E-state index contributed by atoms with van der Waals surface area (Å²) >= 11 is 0. The topological polar surface area (TPSA) is 102 Å². The Morgan fingerprint density at radius 3 is 2.48 bits per heavy atom. The van der Waals surface area contributed by atoms with E-state index < -0.39 is 21.7 Å². The number of likely N-dealkylation sites (tertiary alicyclic amines) is 1. The molecule has 0 bridgehead atoms. The molecule has 7 nitrogen and oxygen atoms in total. The molecule has 1 amide bonds. The van der Waals surface area contributed by atoms with Gasteiger partial charge < -0.3 is 15.4 Å². The number of nitrogen functional groups attached to an aromatic ring is 1. The number of hydrogen-bond acceptors (Lipinski definition) is 5. The summed E-state index contributed by atoms with van der Waals surface area (Å²) in [6.07, 6.45) is 0.125. The Bertz CT molecular complexity index is 665. The summed E-state index contributed by atoms with van der Waals surface area (Å²) in [7, 11) is -3.63. The van der Waals surface area contributed by atoms with Crippen molar-refractivity contribution in [2.75, 3.05) is 18.8 Å². The van der Waals surface area contributed by atoms with Crippen LogP contribution in [0.25, 0.3) is 0 Å². The summed E-state index contributed by atoms with van der Waals surface area (Å²) in [5.74, 6) is 0. The van der Waals surface area contributed by atoms with Gasteiger partial charge in [0.05, 0.1) is 4.90 Å². The van der Waals surface area contributed by atoms with Crippen molar-refractivity contribution in [3.05, 3.63) is 24.3 Å². The Kier molecular flexibility index (Phi) is 4.86. The van der Waals surface area contributed by atoms with Crippen molar-refractivity contribution in [3.8, 4) is 0 Å². The zero-order chi connectivity index (χ0) is 17.3. The maximum absolute atomic E-state index is 12.3. The molecule has 8 heteroatoms. The minimum Gasteiger partial charge on any atom is -0.444 e. The summed E-state index contributed by atoms with van der Waals surface area (Å²) in [6, 6.07) is 5.66. The largest absolute Gasteiger partial charge is 0.444 e. The molecule has 0 saturated carbocycles. The number of amides is 1. The first-order chi connectivity index (χ1) is 10.6. The summed E-state index contributed by atoms with van der Waals surface area (Å²) in [4.78, 5) is 13.7. The van der Waals surface area contributed by atoms with Gasteiger partial charge in [0.15, 0.2) is 0 Å². The maximum Gasteiger partial charge on any atom is 0.410 e. The third-order valence-corrected chi connectivity index (χ3v) is 4.89. The van der Waals surface area contributed by atoms with E-state index in [9.17, 15) is 13.2 Å². The molecular formula is C15H23N3O4S. The standard InChI is InChI=1S/C15H23N3O4S/c1-15(2,3)22-14(19)18-9-8-12(10-18)17-23(20,21)13-6-4-11(16)5-7-13/h4-7,12,17H,8-10,16H2,1-3H3. The third-order valence-electron chi connectivity index (χ3n) is 3.35. The third kappa shape index (κ3) is 4.84. The van der Waals surface area contributed by atoms with Crippen LogP contribution >= 0.6 is 0 Å². The average molecular weight is 341 g/mol. The van der Waals surface area contributed by atoms with Gasteiger partial charge in [-0.2, -0.15) is 0 Å². The second-order valence-corrected chi connectivity index (χ2v) is 8.32. The van der Waals surface area contributed by atoms with Gasteiger partial charge in [-0.15, -0.1) is 0 Å². The number of rotatable bonds is 3. The molecular weight excluding hydrogens is 318 g/mol. The van der Waals surface area contributed by atoms with E-state index in [2.05, 4.69) is 4.72 Å². The van der Waals surface area contributed by atoms with E-state index >= 15 is 0 Å². The fraction of sp³-hybridized carbons (Fsp3) is 0.533. The van der Waals surface area contributed by atoms with E-state index in [0.717, 1.165) is 0 Å². The molecule has 1 aliphatic rings. The lowest BCUT2D eigenvalue weighted by Crippen LogP contribution is -2.40. The monoisotopic (exact) mass is 341 g/mol. The number of sulfonamides is 1. The molecule has 128 valence electrons.